The average Bonchev–Trinajstić information content (AvgIpc) is 3.22. The summed E-state index contributed by atoms with van der Waals surface area (Å²) in [5, 5.41) is 5.24. The minimum atomic E-state index is -0.707. The Bertz CT molecular complexity index is 1440. The number of fused-ring (bicyclic) bond motifs is 1. The van der Waals surface area contributed by atoms with Crippen molar-refractivity contribution in [3.8, 4) is 0 Å². The molecule has 3 aromatic carbocycles. The van der Waals surface area contributed by atoms with E-state index < -0.39 is 18.5 Å². The molecule has 3 aromatic rings. The average molecular weight is 540 g/mol. The molecule has 1 saturated heterocycles. The van der Waals surface area contributed by atoms with E-state index in [0.717, 1.165) is 6.42 Å². The van der Waals surface area contributed by atoms with E-state index in [-0.39, 0.29) is 41.0 Å². The molecule has 0 radical (unpaired) electrons. The molecule has 3 atom stereocenters. The minimum absolute atomic E-state index is 0.192. The van der Waals surface area contributed by atoms with Gasteiger partial charge in [0.2, 0.25) is 17.7 Å². The summed E-state index contributed by atoms with van der Waals surface area (Å²) in [6.07, 6.45) is 2.16. The molecule has 1 aliphatic carbocycles. The number of rotatable bonds is 7. The first-order valence-corrected chi connectivity index (χ1v) is 13.2. The standard InChI is InChI=1S/C31H29N3O6/c1-19(35)32-23-10-12-24(13-11-23)33-28(36)18-40-31(39)21-7-14-25(15-8-21)34-29(37)26-16-9-22(17-27(26)30(34)38)20-5-3-2-4-6-20/h2-8,10-15,22,26-27H,9,16-18H2,1H3,(H,32,35)(H,33,36)/t22-,26+,27+/m0/s1. The van der Waals surface area contributed by atoms with Gasteiger partial charge in [-0.05, 0) is 79.3 Å². The maximum absolute atomic E-state index is 13.3. The first-order valence-electron chi connectivity index (χ1n) is 13.2. The Morgan fingerprint density at radius 3 is 2.08 bits per heavy atom. The highest BCUT2D eigenvalue weighted by molar-refractivity contribution is 6.22. The molecule has 2 N–H and O–H groups in total. The maximum Gasteiger partial charge on any atom is 0.338 e. The summed E-state index contributed by atoms with van der Waals surface area (Å²) in [7, 11) is 0. The van der Waals surface area contributed by atoms with Crippen LogP contribution in [0.4, 0.5) is 17.1 Å². The lowest BCUT2D eigenvalue weighted by Crippen LogP contribution is -2.30. The Morgan fingerprint density at radius 2 is 1.43 bits per heavy atom. The quantitative estimate of drug-likeness (QED) is 0.337. The number of nitrogens with one attached hydrogen (secondary N) is 2. The zero-order valence-electron chi connectivity index (χ0n) is 22.0. The van der Waals surface area contributed by atoms with Crippen LogP contribution in [-0.4, -0.2) is 36.2 Å². The third kappa shape index (κ3) is 5.78. The first-order chi connectivity index (χ1) is 19.3. The number of carbonyl (C=O) groups excluding carboxylic acids is 5. The van der Waals surface area contributed by atoms with Gasteiger partial charge >= 0.3 is 5.97 Å². The molecular formula is C31H29N3O6. The number of nitrogens with zero attached hydrogens (tertiary/aromatic N) is 1. The monoisotopic (exact) mass is 539 g/mol. The van der Waals surface area contributed by atoms with Crippen molar-refractivity contribution >= 4 is 46.7 Å². The normalized spacial score (nSPS) is 20.0. The van der Waals surface area contributed by atoms with Crippen molar-refractivity contribution in [3.05, 3.63) is 90.0 Å². The van der Waals surface area contributed by atoms with Crippen LogP contribution in [0, 0.1) is 11.8 Å². The third-order valence-electron chi connectivity index (χ3n) is 7.38. The van der Waals surface area contributed by atoms with Gasteiger partial charge in [0.25, 0.3) is 5.91 Å². The molecule has 9 nitrogen and oxygen atoms in total. The number of hydrogen-bond acceptors (Lipinski definition) is 6. The molecule has 40 heavy (non-hydrogen) atoms. The first kappa shape index (κ1) is 26.8. The zero-order chi connectivity index (χ0) is 28.2. The van der Waals surface area contributed by atoms with Gasteiger partial charge in [-0.15, -0.1) is 0 Å². The fourth-order valence-electron chi connectivity index (χ4n) is 5.46. The molecule has 1 aliphatic heterocycles. The highest BCUT2D eigenvalue weighted by Crippen LogP contribution is 2.45. The van der Waals surface area contributed by atoms with Crippen molar-refractivity contribution in [2.24, 2.45) is 11.8 Å². The van der Waals surface area contributed by atoms with Gasteiger partial charge in [-0.3, -0.25) is 24.1 Å². The Balaban J connectivity index is 1.16. The number of benzene rings is 3. The summed E-state index contributed by atoms with van der Waals surface area (Å²) in [5.41, 5.74) is 2.87. The summed E-state index contributed by atoms with van der Waals surface area (Å²) >= 11 is 0. The summed E-state index contributed by atoms with van der Waals surface area (Å²) < 4.78 is 5.12. The van der Waals surface area contributed by atoms with Gasteiger partial charge in [-0.2, -0.15) is 0 Å². The SMILES string of the molecule is CC(=O)Nc1ccc(NC(=O)COC(=O)c2ccc(N3C(=O)[C@@H]4CC[C@H](c5ccccc5)C[C@H]4C3=O)cc2)cc1. The lowest BCUT2D eigenvalue weighted by atomic mass is 9.73. The van der Waals surface area contributed by atoms with Crippen LogP contribution in [0.3, 0.4) is 0 Å². The molecule has 2 aliphatic rings. The van der Waals surface area contributed by atoms with E-state index >= 15 is 0 Å². The zero-order valence-corrected chi connectivity index (χ0v) is 22.0. The second kappa shape index (κ2) is 11.5. The minimum Gasteiger partial charge on any atom is -0.452 e. The number of esters is 1. The summed E-state index contributed by atoms with van der Waals surface area (Å²) in [4.78, 5) is 63.5. The molecule has 9 heteroatoms. The second-order valence-electron chi connectivity index (χ2n) is 10.1. The molecule has 0 unspecified atom stereocenters. The molecule has 0 bridgehead atoms. The van der Waals surface area contributed by atoms with Gasteiger partial charge < -0.3 is 15.4 Å². The lowest BCUT2D eigenvalue weighted by Gasteiger charge is -2.28. The molecule has 0 spiro atoms. The number of amides is 4. The van der Waals surface area contributed by atoms with Crippen LogP contribution in [-0.2, 0) is 23.9 Å². The van der Waals surface area contributed by atoms with Crippen LogP contribution in [0.1, 0.15) is 48.0 Å². The number of ether oxygens (including phenoxy) is 1. The third-order valence-corrected chi connectivity index (χ3v) is 7.38. The number of imide groups is 1. The van der Waals surface area contributed by atoms with Crippen LogP contribution in [0.2, 0.25) is 0 Å². The molecule has 1 saturated carbocycles. The van der Waals surface area contributed by atoms with Crippen molar-refractivity contribution in [2.75, 3.05) is 22.1 Å². The van der Waals surface area contributed by atoms with Crippen molar-refractivity contribution < 1.29 is 28.7 Å². The Kier molecular flexibility index (Phi) is 7.72. The van der Waals surface area contributed by atoms with E-state index in [1.165, 1.54) is 29.5 Å². The second-order valence-corrected chi connectivity index (χ2v) is 10.1. The molecule has 5 rings (SSSR count). The Labute approximate surface area is 231 Å². The topological polar surface area (TPSA) is 122 Å². The van der Waals surface area contributed by atoms with Crippen molar-refractivity contribution in [2.45, 2.75) is 32.1 Å². The van der Waals surface area contributed by atoms with Gasteiger partial charge in [0.05, 0.1) is 23.1 Å². The largest absolute Gasteiger partial charge is 0.452 e. The van der Waals surface area contributed by atoms with E-state index in [9.17, 15) is 24.0 Å². The predicted octanol–water partition coefficient (Wildman–Crippen LogP) is 4.51. The molecule has 2 fully saturated rings. The van der Waals surface area contributed by atoms with E-state index in [0.29, 0.717) is 29.9 Å². The summed E-state index contributed by atoms with van der Waals surface area (Å²) in [6, 6.07) is 22.6. The van der Waals surface area contributed by atoms with Crippen LogP contribution in [0.5, 0.6) is 0 Å². The highest BCUT2D eigenvalue weighted by atomic mass is 16.5. The van der Waals surface area contributed by atoms with E-state index in [2.05, 4.69) is 22.8 Å². The summed E-state index contributed by atoms with van der Waals surface area (Å²) in [6.45, 7) is 0.902. The smallest absolute Gasteiger partial charge is 0.338 e. The van der Waals surface area contributed by atoms with Gasteiger partial charge in [0.15, 0.2) is 6.61 Å². The Hall–Kier alpha value is -4.79. The molecule has 204 valence electrons. The molecule has 1 heterocycles. The van der Waals surface area contributed by atoms with Crippen molar-refractivity contribution in [1.29, 1.82) is 0 Å². The fraction of sp³-hybridized carbons (Fsp3) is 0.258. The number of hydrogen-bond donors (Lipinski definition) is 2. The van der Waals surface area contributed by atoms with Gasteiger partial charge in [0.1, 0.15) is 0 Å². The van der Waals surface area contributed by atoms with Gasteiger partial charge in [0, 0.05) is 18.3 Å². The molecule has 4 amide bonds. The van der Waals surface area contributed by atoms with Crippen LogP contribution >= 0.6 is 0 Å². The van der Waals surface area contributed by atoms with Crippen molar-refractivity contribution in [1.82, 2.24) is 0 Å². The van der Waals surface area contributed by atoms with Gasteiger partial charge in [-0.25, -0.2) is 4.79 Å². The lowest BCUT2D eigenvalue weighted by molar-refractivity contribution is -0.122. The van der Waals surface area contributed by atoms with Gasteiger partial charge in [-0.1, -0.05) is 30.3 Å². The predicted molar refractivity (Wildman–Crippen MR) is 149 cm³/mol. The highest BCUT2D eigenvalue weighted by Gasteiger charge is 2.50. The number of anilines is 3. The maximum atomic E-state index is 13.3. The van der Waals surface area contributed by atoms with Crippen LogP contribution in [0.25, 0.3) is 0 Å². The van der Waals surface area contributed by atoms with E-state index in [1.54, 1.807) is 36.4 Å². The van der Waals surface area contributed by atoms with Crippen LogP contribution < -0.4 is 15.5 Å². The van der Waals surface area contributed by atoms with Crippen LogP contribution in [0.15, 0.2) is 78.9 Å². The number of carbonyl (C=O) groups is 5. The van der Waals surface area contributed by atoms with E-state index in [4.69, 9.17) is 4.74 Å². The van der Waals surface area contributed by atoms with E-state index in [1.807, 2.05) is 18.2 Å². The van der Waals surface area contributed by atoms with Crippen molar-refractivity contribution in [3.63, 3.8) is 0 Å². The summed E-state index contributed by atoms with van der Waals surface area (Å²) in [5.74, 6) is -2.26. The fourth-order valence-corrected chi connectivity index (χ4v) is 5.46. The molecule has 0 aromatic heterocycles. The Morgan fingerprint density at radius 1 is 0.800 bits per heavy atom. The molecular weight excluding hydrogens is 510 g/mol.